The average molecular weight is 344 g/mol. The molecule has 1 aromatic heterocycles. The van der Waals surface area contributed by atoms with Crippen LogP contribution in [0.3, 0.4) is 0 Å². The number of amides is 1. The number of aliphatic hydroxyl groups excluding tert-OH is 1. The van der Waals surface area contributed by atoms with Crippen molar-refractivity contribution in [2.75, 3.05) is 26.8 Å². The minimum Gasteiger partial charge on any atom is -0.496 e. The molecular formula is C20H28N2O3. The zero-order valence-corrected chi connectivity index (χ0v) is 15.4. The van der Waals surface area contributed by atoms with Crippen LogP contribution in [0.5, 0.6) is 5.75 Å². The van der Waals surface area contributed by atoms with E-state index in [1.807, 2.05) is 30.9 Å². The molecule has 1 aromatic carbocycles. The number of likely N-dealkylation sites (N-methyl/N-ethyl adjacent to an activating group) is 1. The van der Waals surface area contributed by atoms with Crippen molar-refractivity contribution in [2.24, 2.45) is 0 Å². The first kappa shape index (κ1) is 17.8. The van der Waals surface area contributed by atoms with Gasteiger partial charge in [-0.15, -0.1) is 0 Å². The van der Waals surface area contributed by atoms with Gasteiger partial charge in [-0.2, -0.15) is 0 Å². The van der Waals surface area contributed by atoms with Gasteiger partial charge in [0.2, 0.25) is 5.91 Å². The number of fused-ring (bicyclic) bond motifs is 3. The fourth-order valence-electron chi connectivity index (χ4n) is 4.24. The van der Waals surface area contributed by atoms with E-state index >= 15 is 0 Å². The van der Waals surface area contributed by atoms with E-state index < -0.39 is 0 Å². The van der Waals surface area contributed by atoms with Crippen LogP contribution in [0, 0.1) is 0 Å². The Morgan fingerprint density at radius 1 is 1.36 bits per heavy atom. The smallest absolute Gasteiger partial charge is 0.230 e. The van der Waals surface area contributed by atoms with Crippen LogP contribution in [-0.2, 0) is 17.8 Å². The first-order valence-electron chi connectivity index (χ1n) is 9.25. The summed E-state index contributed by atoms with van der Waals surface area (Å²) < 4.78 is 7.80. The molecule has 1 N–H and O–H groups in total. The normalized spacial score (nSPS) is 16.7. The van der Waals surface area contributed by atoms with Crippen LogP contribution in [0.2, 0.25) is 0 Å². The van der Waals surface area contributed by atoms with Crippen LogP contribution in [0.25, 0.3) is 10.9 Å². The van der Waals surface area contributed by atoms with Gasteiger partial charge in [0.1, 0.15) is 5.75 Å². The third-order valence-corrected chi connectivity index (χ3v) is 5.37. The predicted molar refractivity (Wildman–Crippen MR) is 99.2 cm³/mol. The molecule has 2 aromatic rings. The highest BCUT2D eigenvalue weighted by Gasteiger charge is 2.34. The molecule has 5 nitrogen and oxygen atoms in total. The fourth-order valence-corrected chi connectivity index (χ4v) is 4.24. The Bertz CT molecular complexity index is 762. The number of nitrogens with zero attached hydrogens (tertiary/aromatic N) is 2. The van der Waals surface area contributed by atoms with Gasteiger partial charge in [0.15, 0.2) is 0 Å². The van der Waals surface area contributed by atoms with E-state index in [0.29, 0.717) is 6.54 Å². The summed E-state index contributed by atoms with van der Waals surface area (Å²) in [6.45, 7) is 6.15. The Kier molecular flexibility index (Phi) is 5.33. The fraction of sp³-hybridized carbons (Fsp3) is 0.550. The van der Waals surface area contributed by atoms with Crippen LogP contribution in [0.1, 0.15) is 43.9 Å². The molecule has 25 heavy (non-hydrogen) atoms. The number of carbonyl (C=O) groups is 1. The van der Waals surface area contributed by atoms with Crippen molar-refractivity contribution < 1.29 is 14.6 Å². The molecule has 1 unspecified atom stereocenters. The molecule has 1 heterocycles. The lowest BCUT2D eigenvalue weighted by Crippen LogP contribution is -2.36. The second-order valence-corrected chi connectivity index (χ2v) is 6.55. The molecule has 136 valence electrons. The van der Waals surface area contributed by atoms with Crippen molar-refractivity contribution in [1.82, 2.24) is 9.47 Å². The Labute approximate surface area is 149 Å². The van der Waals surface area contributed by atoms with Gasteiger partial charge in [0.25, 0.3) is 0 Å². The summed E-state index contributed by atoms with van der Waals surface area (Å²) in [5.41, 5.74) is 3.35. The van der Waals surface area contributed by atoms with E-state index in [1.54, 1.807) is 7.11 Å². The number of hydrogen-bond donors (Lipinski definition) is 1. The quantitative estimate of drug-likeness (QED) is 0.877. The third kappa shape index (κ3) is 2.91. The highest BCUT2D eigenvalue weighted by Crippen LogP contribution is 2.43. The van der Waals surface area contributed by atoms with E-state index in [9.17, 15) is 9.90 Å². The number of aromatic nitrogens is 1. The van der Waals surface area contributed by atoms with Gasteiger partial charge in [0, 0.05) is 30.7 Å². The molecule has 0 fully saturated rings. The number of carbonyl (C=O) groups excluding carboxylic acids is 1. The first-order valence-corrected chi connectivity index (χ1v) is 9.25. The lowest BCUT2D eigenvalue weighted by molar-refractivity contribution is -0.132. The minimum atomic E-state index is -0.123. The van der Waals surface area contributed by atoms with Gasteiger partial charge in [0.05, 0.1) is 25.2 Å². The highest BCUT2D eigenvalue weighted by molar-refractivity contribution is 5.97. The summed E-state index contributed by atoms with van der Waals surface area (Å²) in [5, 5.41) is 10.6. The summed E-state index contributed by atoms with van der Waals surface area (Å²) >= 11 is 0. The molecular weight excluding hydrogens is 316 g/mol. The number of hydrogen-bond acceptors (Lipinski definition) is 3. The largest absolute Gasteiger partial charge is 0.496 e. The molecule has 0 bridgehead atoms. The summed E-state index contributed by atoms with van der Waals surface area (Å²) in [4.78, 5) is 15.1. The third-order valence-electron chi connectivity index (χ3n) is 5.37. The SMILES string of the molecule is CCN(CC)C(=O)C1CCCc2c1c1c(OC)cccc1n2CCO. The van der Waals surface area contributed by atoms with E-state index in [1.165, 1.54) is 5.69 Å². The number of ether oxygens (including phenoxy) is 1. The van der Waals surface area contributed by atoms with Crippen LogP contribution >= 0.6 is 0 Å². The molecule has 0 spiro atoms. The summed E-state index contributed by atoms with van der Waals surface area (Å²) in [6.07, 6.45) is 2.81. The van der Waals surface area contributed by atoms with Crippen LogP contribution in [-0.4, -0.2) is 47.3 Å². The van der Waals surface area contributed by atoms with Crippen molar-refractivity contribution in [3.05, 3.63) is 29.5 Å². The summed E-state index contributed by atoms with van der Waals surface area (Å²) in [5.74, 6) is 0.895. The maximum Gasteiger partial charge on any atom is 0.230 e. The van der Waals surface area contributed by atoms with Crippen LogP contribution in [0.4, 0.5) is 0 Å². The lowest BCUT2D eigenvalue weighted by Gasteiger charge is -2.29. The van der Waals surface area contributed by atoms with Gasteiger partial charge in [-0.25, -0.2) is 0 Å². The van der Waals surface area contributed by atoms with Gasteiger partial charge >= 0.3 is 0 Å². The summed E-state index contributed by atoms with van der Waals surface area (Å²) in [7, 11) is 1.68. The van der Waals surface area contributed by atoms with Crippen LogP contribution < -0.4 is 4.74 Å². The molecule has 1 amide bonds. The van der Waals surface area contributed by atoms with Gasteiger partial charge in [-0.3, -0.25) is 4.79 Å². The number of aliphatic hydroxyl groups is 1. The van der Waals surface area contributed by atoms with Crippen molar-refractivity contribution in [1.29, 1.82) is 0 Å². The van der Waals surface area contributed by atoms with E-state index in [-0.39, 0.29) is 18.4 Å². The molecule has 0 saturated heterocycles. The van der Waals surface area contributed by atoms with Crippen LogP contribution in [0.15, 0.2) is 18.2 Å². The summed E-state index contributed by atoms with van der Waals surface area (Å²) in [6, 6.07) is 5.99. The van der Waals surface area contributed by atoms with Crippen molar-refractivity contribution in [3.8, 4) is 5.75 Å². The van der Waals surface area contributed by atoms with Gasteiger partial charge < -0.3 is 19.3 Å². The minimum absolute atomic E-state index is 0.0854. The molecule has 0 aliphatic heterocycles. The molecule has 1 atom stereocenters. The Morgan fingerprint density at radius 2 is 2.12 bits per heavy atom. The Balaban J connectivity index is 2.23. The topological polar surface area (TPSA) is 54.7 Å². The number of rotatable bonds is 6. The van der Waals surface area contributed by atoms with E-state index in [2.05, 4.69) is 10.6 Å². The number of methoxy groups -OCH3 is 1. The van der Waals surface area contributed by atoms with E-state index in [4.69, 9.17) is 4.74 Å². The van der Waals surface area contributed by atoms with Crippen molar-refractivity contribution in [3.63, 3.8) is 0 Å². The molecule has 3 rings (SSSR count). The highest BCUT2D eigenvalue weighted by atomic mass is 16.5. The zero-order valence-electron chi connectivity index (χ0n) is 15.4. The maximum absolute atomic E-state index is 13.2. The molecule has 5 heteroatoms. The van der Waals surface area contributed by atoms with Crippen molar-refractivity contribution >= 4 is 16.8 Å². The van der Waals surface area contributed by atoms with Gasteiger partial charge in [-0.1, -0.05) is 6.07 Å². The average Bonchev–Trinajstić information content (AvgIpc) is 2.97. The second kappa shape index (κ2) is 7.48. The standard InChI is InChI=1S/C20H28N2O3/c1-4-21(5-2)20(24)14-8-6-9-15-18(14)19-16(22(15)12-13-23)10-7-11-17(19)25-3/h7,10-11,14,23H,4-6,8-9,12-13H2,1-3H3. The Morgan fingerprint density at radius 3 is 2.76 bits per heavy atom. The molecule has 0 radical (unpaired) electrons. The van der Waals surface area contributed by atoms with Crippen molar-refractivity contribution in [2.45, 2.75) is 45.6 Å². The van der Waals surface area contributed by atoms with Gasteiger partial charge in [-0.05, 0) is 50.8 Å². The zero-order chi connectivity index (χ0) is 18.0. The maximum atomic E-state index is 13.2. The molecule has 1 aliphatic carbocycles. The predicted octanol–water partition coefficient (Wildman–Crippen LogP) is 2.93. The lowest BCUT2D eigenvalue weighted by atomic mass is 9.84. The molecule has 0 saturated carbocycles. The second-order valence-electron chi connectivity index (χ2n) is 6.55. The monoisotopic (exact) mass is 344 g/mol. The first-order chi connectivity index (χ1) is 12.2. The molecule has 1 aliphatic rings. The van der Waals surface area contributed by atoms with E-state index in [0.717, 1.165) is 54.6 Å². The Hall–Kier alpha value is -2.01. The number of benzene rings is 1.